The standard InChI is InChI=1S/C19H25ClF3N5O3/c1-17(2,30)8-18(3)12(11(20)6-9(14(24)29)13(18)31-5)27-16-26-7-10(19(21,22)23)15(25-4)28-16/h6-7,13,30H,8H2,1-5H3,(H2,24,29)(H2,25,26,27,28). The van der Waals surface area contributed by atoms with Crippen LogP contribution in [0.2, 0.25) is 0 Å². The van der Waals surface area contributed by atoms with Crippen LogP contribution in [0.4, 0.5) is 24.9 Å². The number of nitrogens with zero attached hydrogens (tertiary/aromatic N) is 2. The van der Waals surface area contributed by atoms with E-state index in [1.807, 2.05) is 0 Å². The second-order valence-corrected chi connectivity index (χ2v) is 8.45. The summed E-state index contributed by atoms with van der Waals surface area (Å²) >= 11 is 6.43. The summed E-state index contributed by atoms with van der Waals surface area (Å²) in [5.74, 6) is -1.36. The largest absolute Gasteiger partial charge is 0.421 e. The minimum atomic E-state index is -4.64. The number of nitrogens with two attached hydrogens (primary N) is 1. The summed E-state index contributed by atoms with van der Waals surface area (Å²) in [5, 5.41) is 15.8. The molecule has 1 aliphatic rings. The molecule has 0 bridgehead atoms. The van der Waals surface area contributed by atoms with Gasteiger partial charge in [0.1, 0.15) is 11.4 Å². The van der Waals surface area contributed by atoms with Crippen LogP contribution in [0.15, 0.2) is 28.6 Å². The fourth-order valence-corrected chi connectivity index (χ4v) is 4.23. The Hall–Kier alpha value is -2.37. The van der Waals surface area contributed by atoms with Crippen molar-refractivity contribution in [2.24, 2.45) is 11.1 Å². The highest BCUT2D eigenvalue weighted by atomic mass is 35.5. The highest BCUT2D eigenvalue weighted by molar-refractivity contribution is 6.32. The monoisotopic (exact) mass is 463 g/mol. The maximum atomic E-state index is 13.1. The van der Waals surface area contributed by atoms with E-state index in [1.165, 1.54) is 20.2 Å². The molecule has 0 fully saturated rings. The molecular formula is C19H25ClF3N5O3. The number of nitrogens with one attached hydrogen (secondary N) is 2. The molecule has 2 unspecified atom stereocenters. The summed E-state index contributed by atoms with van der Waals surface area (Å²) in [7, 11) is 2.67. The van der Waals surface area contributed by atoms with Crippen LogP contribution in [-0.2, 0) is 15.7 Å². The van der Waals surface area contributed by atoms with Gasteiger partial charge in [-0.05, 0) is 26.3 Å². The first-order valence-corrected chi connectivity index (χ1v) is 9.57. The Balaban J connectivity index is 2.62. The average Bonchev–Trinajstić information content (AvgIpc) is 2.62. The normalized spacial score (nSPS) is 22.3. The molecule has 1 amide bonds. The molecule has 5 N–H and O–H groups in total. The van der Waals surface area contributed by atoms with Gasteiger partial charge in [-0.3, -0.25) is 4.79 Å². The number of aromatic nitrogens is 2. The third-order valence-electron chi connectivity index (χ3n) is 4.84. The molecule has 0 aliphatic heterocycles. The number of carbonyl (C=O) groups excluding carboxylic acids is 1. The van der Waals surface area contributed by atoms with Gasteiger partial charge in [0.25, 0.3) is 0 Å². The van der Waals surface area contributed by atoms with Gasteiger partial charge in [-0.2, -0.15) is 18.2 Å². The summed E-state index contributed by atoms with van der Waals surface area (Å²) in [6.07, 6.45) is -3.53. The lowest BCUT2D eigenvalue weighted by Crippen LogP contribution is -2.48. The maximum absolute atomic E-state index is 13.1. The molecule has 12 heteroatoms. The van der Waals surface area contributed by atoms with E-state index in [0.29, 0.717) is 6.20 Å². The second-order valence-electron chi connectivity index (χ2n) is 8.04. The van der Waals surface area contributed by atoms with E-state index < -0.39 is 40.6 Å². The van der Waals surface area contributed by atoms with E-state index >= 15 is 0 Å². The summed E-state index contributed by atoms with van der Waals surface area (Å²) in [6, 6.07) is 0. The van der Waals surface area contributed by atoms with Crippen LogP contribution < -0.4 is 16.4 Å². The molecule has 2 rings (SSSR count). The van der Waals surface area contributed by atoms with Crippen molar-refractivity contribution in [1.82, 2.24) is 9.97 Å². The van der Waals surface area contributed by atoms with Gasteiger partial charge in [-0.1, -0.05) is 18.5 Å². The maximum Gasteiger partial charge on any atom is 0.421 e. The Kier molecular flexibility index (Phi) is 6.94. The molecule has 1 aliphatic carbocycles. The topological polar surface area (TPSA) is 122 Å². The lowest BCUT2D eigenvalue weighted by molar-refractivity contribution is -0.137. The van der Waals surface area contributed by atoms with E-state index in [1.54, 1.807) is 20.8 Å². The van der Waals surface area contributed by atoms with Gasteiger partial charge in [0, 0.05) is 37.0 Å². The summed E-state index contributed by atoms with van der Waals surface area (Å²) < 4.78 is 45.0. The summed E-state index contributed by atoms with van der Waals surface area (Å²) in [5.41, 5.74) is 2.44. The zero-order chi connectivity index (χ0) is 23.8. The average molecular weight is 464 g/mol. The zero-order valence-corrected chi connectivity index (χ0v) is 18.4. The van der Waals surface area contributed by atoms with E-state index in [-0.39, 0.29) is 28.7 Å². The number of halogens is 4. The first kappa shape index (κ1) is 24.9. The molecule has 0 aromatic carbocycles. The number of allylic oxidation sites excluding steroid dienone is 2. The number of rotatable bonds is 7. The molecule has 31 heavy (non-hydrogen) atoms. The first-order chi connectivity index (χ1) is 14.1. The third kappa shape index (κ3) is 5.28. The second kappa shape index (κ2) is 8.64. The quantitative estimate of drug-likeness (QED) is 0.490. The molecule has 1 aromatic heterocycles. The predicted octanol–water partition coefficient (Wildman–Crippen LogP) is 3.01. The fourth-order valence-electron chi connectivity index (χ4n) is 3.85. The number of primary amides is 1. The molecule has 0 saturated heterocycles. The molecule has 0 saturated carbocycles. The van der Waals surface area contributed by atoms with Crippen LogP contribution in [0.5, 0.6) is 0 Å². The number of aliphatic hydroxyl groups is 1. The van der Waals surface area contributed by atoms with Gasteiger partial charge >= 0.3 is 6.18 Å². The molecule has 0 spiro atoms. The van der Waals surface area contributed by atoms with Gasteiger partial charge in [0.15, 0.2) is 0 Å². The number of hydrogen-bond acceptors (Lipinski definition) is 7. The zero-order valence-electron chi connectivity index (χ0n) is 17.7. The van der Waals surface area contributed by atoms with Crippen LogP contribution in [0.3, 0.4) is 0 Å². The molecule has 8 nitrogen and oxygen atoms in total. The van der Waals surface area contributed by atoms with Crippen molar-refractivity contribution in [3.05, 3.63) is 34.1 Å². The van der Waals surface area contributed by atoms with Crippen molar-refractivity contribution in [2.75, 3.05) is 24.8 Å². The number of methoxy groups -OCH3 is 1. The summed E-state index contributed by atoms with van der Waals surface area (Å²) in [6.45, 7) is 4.81. The Morgan fingerprint density at radius 1 is 1.42 bits per heavy atom. The number of anilines is 2. The van der Waals surface area contributed by atoms with Crippen molar-refractivity contribution in [1.29, 1.82) is 0 Å². The van der Waals surface area contributed by atoms with Crippen LogP contribution in [0, 0.1) is 5.41 Å². The molecule has 1 aromatic rings. The number of carbonyl (C=O) groups is 1. The molecule has 172 valence electrons. The minimum Gasteiger partial charge on any atom is -0.390 e. The van der Waals surface area contributed by atoms with Crippen LogP contribution >= 0.6 is 11.6 Å². The van der Waals surface area contributed by atoms with Gasteiger partial charge in [0.05, 0.1) is 16.7 Å². The van der Waals surface area contributed by atoms with E-state index in [9.17, 15) is 23.1 Å². The van der Waals surface area contributed by atoms with Gasteiger partial charge < -0.3 is 26.2 Å². The Labute approximate surface area is 182 Å². The van der Waals surface area contributed by atoms with Crippen molar-refractivity contribution in [3.8, 4) is 0 Å². The van der Waals surface area contributed by atoms with Crippen molar-refractivity contribution >= 4 is 29.3 Å². The van der Waals surface area contributed by atoms with E-state index in [2.05, 4.69) is 20.6 Å². The summed E-state index contributed by atoms with van der Waals surface area (Å²) in [4.78, 5) is 19.6. The van der Waals surface area contributed by atoms with Crippen molar-refractivity contribution in [3.63, 3.8) is 0 Å². The number of hydrogen-bond donors (Lipinski definition) is 4. The molecule has 2 atom stereocenters. The molecular weight excluding hydrogens is 439 g/mol. The lowest BCUT2D eigenvalue weighted by Gasteiger charge is -2.44. The Bertz CT molecular complexity index is 927. The Morgan fingerprint density at radius 3 is 2.48 bits per heavy atom. The fraction of sp³-hybridized carbons (Fsp3) is 0.526. The highest BCUT2D eigenvalue weighted by Crippen LogP contribution is 2.48. The van der Waals surface area contributed by atoms with Crippen molar-refractivity contribution in [2.45, 2.75) is 45.1 Å². The van der Waals surface area contributed by atoms with Crippen molar-refractivity contribution < 1.29 is 27.8 Å². The predicted molar refractivity (Wildman–Crippen MR) is 110 cm³/mol. The first-order valence-electron chi connectivity index (χ1n) is 9.20. The van der Waals surface area contributed by atoms with E-state index in [0.717, 1.165) is 0 Å². The van der Waals surface area contributed by atoms with Crippen LogP contribution in [0.1, 0.15) is 32.8 Å². The number of amides is 1. The van der Waals surface area contributed by atoms with Crippen LogP contribution in [0.25, 0.3) is 0 Å². The van der Waals surface area contributed by atoms with Gasteiger partial charge in [0.2, 0.25) is 11.9 Å². The van der Waals surface area contributed by atoms with Gasteiger partial charge in [-0.25, -0.2) is 4.98 Å². The highest BCUT2D eigenvalue weighted by Gasteiger charge is 2.48. The third-order valence-corrected chi connectivity index (χ3v) is 5.14. The number of alkyl halides is 3. The van der Waals surface area contributed by atoms with Gasteiger partial charge in [-0.15, -0.1) is 0 Å². The number of ether oxygens (including phenoxy) is 1. The molecule has 1 heterocycles. The van der Waals surface area contributed by atoms with E-state index in [4.69, 9.17) is 22.1 Å². The van der Waals surface area contributed by atoms with Crippen LogP contribution in [-0.4, -0.2) is 46.8 Å². The Morgan fingerprint density at radius 2 is 2.03 bits per heavy atom. The SMILES string of the molecule is CNc1nc(NC2=C(Cl)C=C(C(N)=O)C(OC)C2(C)CC(C)(C)O)ncc1C(F)(F)F. The smallest absolute Gasteiger partial charge is 0.390 e. The molecule has 0 radical (unpaired) electrons. The minimum absolute atomic E-state index is 0.0567. The lowest BCUT2D eigenvalue weighted by atomic mass is 9.68.